The highest BCUT2D eigenvalue weighted by Crippen LogP contribution is 2.35. The molecule has 0 atom stereocenters. The average Bonchev–Trinajstić information content (AvgIpc) is 2.49. The molecule has 0 fully saturated rings. The second-order valence-electron chi connectivity index (χ2n) is 2.90. The van der Waals surface area contributed by atoms with Crippen LogP contribution in [-0.2, 0) is 6.42 Å². The Labute approximate surface area is 80.2 Å². The lowest BCUT2D eigenvalue weighted by atomic mass is 9.95. The van der Waals surface area contributed by atoms with Gasteiger partial charge in [0.1, 0.15) is 0 Å². The van der Waals surface area contributed by atoms with Crippen molar-refractivity contribution in [2.75, 3.05) is 6.26 Å². The summed E-state index contributed by atoms with van der Waals surface area (Å²) in [5.74, 6) is 0.341. The molecule has 1 aliphatic rings. The summed E-state index contributed by atoms with van der Waals surface area (Å²) in [7, 11) is 0. The lowest BCUT2D eigenvalue weighted by molar-refractivity contribution is 0.0973. The fourth-order valence-electron chi connectivity index (χ4n) is 1.57. The van der Waals surface area contributed by atoms with E-state index in [0.29, 0.717) is 5.78 Å². The summed E-state index contributed by atoms with van der Waals surface area (Å²) >= 11 is 3.47. The Bertz CT molecular complexity index is 314. The van der Waals surface area contributed by atoms with E-state index in [4.69, 9.17) is 0 Å². The predicted octanol–water partition coefficient (Wildman–Crippen LogP) is 2.99. The van der Waals surface area contributed by atoms with Crippen molar-refractivity contribution in [2.45, 2.75) is 23.5 Å². The summed E-state index contributed by atoms with van der Waals surface area (Å²) in [5.41, 5.74) is 2.30. The van der Waals surface area contributed by atoms with Gasteiger partial charge in [-0.15, -0.1) is 23.1 Å². The number of hydrogen-bond donors (Lipinski definition) is 0. The second kappa shape index (κ2) is 3.23. The quantitative estimate of drug-likeness (QED) is 0.645. The molecule has 2 rings (SSSR count). The number of Topliss-reactive ketones (excluding diaryl/α,β-unsaturated/α-hetero) is 1. The van der Waals surface area contributed by atoms with Crippen molar-refractivity contribution in [3.63, 3.8) is 0 Å². The van der Waals surface area contributed by atoms with Crippen LogP contribution in [0, 0.1) is 0 Å². The van der Waals surface area contributed by atoms with Gasteiger partial charge in [0.25, 0.3) is 0 Å². The minimum absolute atomic E-state index is 0.341. The highest BCUT2D eigenvalue weighted by molar-refractivity contribution is 8.00. The van der Waals surface area contributed by atoms with Crippen molar-refractivity contribution in [1.82, 2.24) is 0 Å². The molecular formula is C9H10OS2. The van der Waals surface area contributed by atoms with Crippen LogP contribution < -0.4 is 0 Å². The third-order valence-corrected chi connectivity index (χ3v) is 4.39. The third-order valence-electron chi connectivity index (χ3n) is 2.17. The molecule has 0 spiro atoms. The Balaban J connectivity index is 2.48. The Kier molecular flexibility index (Phi) is 2.24. The van der Waals surface area contributed by atoms with Crippen LogP contribution in [0.5, 0.6) is 0 Å². The normalized spacial score (nSPS) is 16.2. The Morgan fingerprint density at radius 2 is 2.33 bits per heavy atom. The summed E-state index contributed by atoms with van der Waals surface area (Å²) < 4.78 is 1.33. The van der Waals surface area contributed by atoms with E-state index >= 15 is 0 Å². The van der Waals surface area contributed by atoms with Crippen LogP contribution in [0.4, 0.5) is 0 Å². The lowest BCUT2D eigenvalue weighted by Gasteiger charge is -2.10. The van der Waals surface area contributed by atoms with E-state index in [1.807, 2.05) is 5.38 Å². The monoisotopic (exact) mass is 198 g/mol. The number of fused-ring (bicyclic) bond motifs is 1. The number of thioether (sulfide) groups is 1. The number of thiophene rings is 1. The SMILES string of the molecule is CSc1scc2c1CCCC2=O. The molecular weight excluding hydrogens is 188 g/mol. The largest absolute Gasteiger partial charge is 0.294 e. The van der Waals surface area contributed by atoms with E-state index in [1.165, 1.54) is 9.77 Å². The standard InChI is InChI=1S/C9H10OS2/c1-11-9-6-3-2-4-8(10)7(6)5-12-9/h5H,2-4H2,1H3. The first-order valence-corrected chi connectivity index (χ1v) is 6.11. The van der Waals surface area contributed by atoms with Crippen LogP contribution in [0.1, 0.15) is 28.8 Å². The summed E-state index contributed by atoms with van der Waals surface area (Å²) in [4.78, 5) is 11.4. The number of carbonyl (C=O) groups excluding carboxylic acids is 1. The minimum atomic E-state index is 0.341. The summed E-state index contributed by atoms with van der Waals surface area (Å²) in [6.07, 6.45) is 4.96. The third kappa shape index (κ3) is 1.21. The van der Waals surface area contributed by atoms with E-state index in [0.717, 1.165) is 24.8 Å². The van der Waals surface area contributed by atoms with Crippen LogP contribution in [0.3, 0.4) is 0 Å². The maximum absolute atomic E-state index is 11.4. The number of hydrogen-bond acceptors (Lipinski definition) is 3. The molecule has 0 amide bonds. The average molecular weight is 198 g/mol. The molecule has 0 saturated carbocycles. The van der Waals surface area contributed by atoms with Gasteiger partial charge in [-0.1, -0.05) is 0 Å². The Morgan fingerprint density at radius 3 is 3.08 bits per heavy atom. The second-order valence-corrected chi connectivity index (χ2v) is 4.85. The molecule has 0 aliphatic heterocycles. The van der Waals surface area contributed by atoms with Crippen LogP contribution >= 0.6 is 23.1 Å². The van der Waals surface area contributed by atoms with Crippen LogP contribution in [0.2, 0.25) is 0 Å². The van der Waals surface area contributed by atoms with Gasteiger partial charge in [0.2, 0.25) is 0 Å². The van der Waals surface area contributed by atoms with Crippen molar-refractivity contribution >= 4 is 28.9 Å². The Morgan fingerprint density at radius 1 is 1.50 bits per heavy atom. The molecule has 1 aromatic heterocycles. The summed E-state index contributed by atoms with van der Waals surface area (Å²) in [6.45, 7) is 0. The van der Waals surface area contributed by atoms with E-state index in [1.54, 1.807) is 23.1 Å². The van der Waals surface area contributed by atoms with Gasteiger partial charge in [-0.25, -0.2) is 0 Å². The zero-order chi connectivity index (χ0) is 8.55. The first-order valence-electron chi connectivity index (χ1n) is 4.00. The van der Waals surface area contributed by atoms with E-state index < -0.39 is 0 Å². The molecule has 1 nitrogen and oxygen atoms in total. The van der Waals surface area contributed by atoms with Gasteiger partial charge in [-0.3, -0.25) is 4.79 Å². The number of rotatable bonds is 1. The first-order chi connectivity index (χ1) is 5.83. The molecule has 0 N–H and O–H groups in total. The molecule has 1 aliphatic carbocycles. The zero-order valence-electron chi connectivity index (χ0n) is 6.92. The highest BCUT2D eigenvalue weighted by Gasteiger charge is 2.20. The molecule has 0 unspecified atom stereocenters. The zero-order valence-corrected chi connectivity index (χ0v) is 8.56. The summed E-state index contributed by atoms with van der Waals surface area (Å²) in [6, 6.07) is 0. The Hall–Kier alpha value is -0.280. The predicted molar refractivity (Wildman–Crippen MR) is 53.4 cm³/mol. The maximum atomic E-state index is 11.4. The fourth-order valence-corrected chi connectivity index (χ4v) is 3.41. The lowest BCUT2D eigenvalue weighted by Crippen LogP contribution is -2.08. The molecule has 0 saturated heterocycles. The van der Waals surface area contributed by atoms with E-state index in [-0.39, 0.29) is 0 Å². The molecule has 0 radical (unpaired) electrons. The van der Waals surface area contributed by atoms with Crippen LogP contribution in [-0.4, -0.2) is 12.0 Å². The molecule has 1 heterocycles. The molecule has 64 valence electrons. The van der Waals surface area contributed by atoms with Gasteiger partial charge in [-0.2, -0.15) is 0 Å². The molecule has 12 heavy (non-hydrogen) atoms. The first kappa shape index (κ1) is 8.32. The van der Waals surface area contributed by atoms with Gasteiger partial charge in [0.15, 0.2) is 5.78 Å². The van der Waals surface area contributed by atoms with Gasteiger partial charge < -0.3 is 0 Å². The number of carbonyl (C=O) groups is 1. The van der Waals surface area contributed by atoms with Crippen molar-refractivity contribution in [2.24, 2.45) is 0 Å². The van der Waals surface area contributed by atoms with E-state index in [2.05, 4.69) is 6.26 Å². The summed E-state index contributed by atoms with van der Waals surface area (Å²) in [5, 5.41) is 2.02. The maximum Gasteiger partial charge on any atom is 0.164 e. The number of ketones is 1. The van der Waals surface area contributed by atoms with Crippen LogP contribution in [0.15, 0.2) is 9.59 Å². The molecule has 0 bridgehead atoms. The van der Waals surface area contributed by atoms with Crippen molar-refractivity contribution in [1.29, 1.82) is 0 Å². The van der Waals surface area contributed by atoms with Crippen LogP contribution in [0.25, 0.3) is 0 Å². The smallest absolute Gasteiger partial charge is 0.164 e. The van der Waals surface area contributed by atoms with Gasteiger partial charge in [0, 0.05) is 17.4 Å². The topological polar surface area (TPSA) is 17.1 Å². The van der Waals surface area contributed by atoms with Gasteiger partial charge in [0.05, 0.1) is 4.21 Å². The molecule has 3 heteroatoms. The fraction of sp³-hybridized carbons (Fsp3) is 0.444. The minimum Gasteiger partial charge on any atom is -0.294 e. The molecule has 0 aromatic carbocycles. The highest BCUT2D eigenvalue weighted by atomic mass is 32.2. The van der Waals surface area contributed by atoms with Crippen molar-refractivity contribution in [3.05, 3.63) is 16.5 Å². The van der Waals surface area contributed by atoms with Gasteiger partial charge >= 0.3 is 0 Å². The van der Waals surface area contributed by atoms with Crippen molar-refractivity contribution in [3.8, 4) is 0 Å². The molecule has 1 aromatic rings. The van der Waals surface area contributed by atoms with Crippen molar-refractivity contribution < 1.29 is 4.79 Å². The van der Waals surface area contributed by atoms with Gasteiger partial charge in [-0.05, 0) is 24.7 Å². The van der Waals surface area contributed by atoms with E-state index in [9.17, 15) is 4.79 Å².